The molecule has 1 amide bonds. The number of amides is 1. The first-order valence-electron chi connectivity index (χ1n) is 10.2. The zero-order valence-corrected chi connectivity index (χ0v) is 18.2. The standard InChI is InChI=1S/C22H21N5O4S/c1-14-20-17(22(28)24-12-15-4-2-7-23-11-15)10-18(19-5-3-8-31-19)25-21(20)27(26-14)16-6-9-32(29,30)13-16/h2-5,7-8,10-11,16H,6,9,12-13H2,1H3,(H,24,28)/t16-/m0/s1. The smallest absolute Gasteiger partial charge is 0.252 e. The molecule has 4 aromatic heterocycles. The van der Waals surface area contributed by atoms with Crippen LogP contribution in [0.5, 0.6) is 0 Å². The Morgan fingerprint density at radius 2 is 2.19 bits per heavy atom. The summed E-state index contributed by atoms with van der Waals surface area (Å²) in [4.78, 5) is 22.0. The van der Waals surface area contributed by atoms with Crippen molar-refractivity contribution in [1.82, 2.24) is 25.1 Å². The zero-order valence-electron chi connectivity index (χ0n) is 17.4. The number of furan rings is 1. The van der Waals surface area contributed by atoms with Crippen molar-refractivity contribution >= 4 is 26.8 Å². The maximum Gasteiger partial charge on any atom is 0.252 e. The van der Waals surface area contributed by atoms with E-state index in [9.17, 15) is 13.2 Å². The van der Waals surface area contributed by atoms with Gasteiger partial charge in [-0.1, -0.05) is 6.07 Å². The van der Waals surface area contributed by atoms with Gasteiger partial charge in [-0.15, -0.1) is 0 Å². The van der Waals surface area contributed by atoms with Crippen molar-refractivity contribution in [3.8, 4) is 11.5 Å². The van der Waals surface area contributed by atoms with Gasteiger partial charge in [0, 0.05) is 18.9 Å². The van der Waals surface area contributed by atoms with Gasteiger partial charge in [0.25, 0.3) is 5.91 Å². The highest BCUT2D eigenvalue weighted by Crippen LogP contribution is 2.32. The monoisotopic (exact) mass is 451 g/mol. The Kier molecular flexibility index (Phi) is 5.01. The van der Waals surface area contributed by atoms with E-state index < -0.39 is 9.84 Å². The van der Waals surface area contributed by atoms with E-state index in [4.69, 9.17) is 9.40 Å². The van der Waals surface area contributed by atoms with E-state index in [-0.39, 0.29) is 23.5 Å². The van der Waals surface area contributed by atoms with Crippen LogP contribution >= 0.6 is 0 Å². The van der Waals surface area contributed by atoms with Crippen LogP contribution in [0.1, 0.15) is 34.1 Å². The topological polar surface area (TPSA) is 120 Å². The molecule has 1 aliphatic rings. The van der Waals surface area contributed by atoms with Crippen molar-refractivity contribution in [3.05, 3.63) is 65.8 Å². The predicted molar refractivity (Wildman–Crippen MR) is 118 cm³/mol. The van der Waals surface area contributed by atoms with Gasteiger partial charge in [0.15, 0.2) is 21.2 Å². The summed E-state index contributed by atoms with van der Waals surface area (Å²) >= 11 is 0. The fourth-order valence-electron chi connectivity index (χ4n) is 4.05. The molecule has 5 heterocycles. The maximum atomic E-state index is 13.2. The quantitative estimate of drug-likeness (QED) is 0.495. The Morgan fingerprint density at radius 3 is 2.88 bits per heavy atom. The van der Waals surface area contributed by atoms with Crippen molar-refractivity contribution in [1.29, 1.82) is 0 Å². The molecule has 1 atom stereocenters. The Hall–Kier alpha value is -3.53. The number of hydrogen-bond acceptors (Lipinski definition) is 7. The van der Waals surface area contributed by atoms with Crippen LogP contribution in [0.25, 0.3) is 22.5 Å². The van der Waals surface area contributed by atoms with Gasteiger partial charge in [-0.05, 0) is 43.2 Å². The molecule has 0 unspecified atom stereocenters. The molecule has 1 N–H and O–H groups in total. The third-order valence-electron chi connectivity index (χ3n) is 5.59. The Bertz CT molecular complexity index is 1400. The van der Waals surface area contributed by atoms with E-state index in [1.54, 1.807) is 42.2 Å². The highest BCUT2D eigenvalue weighted by atomic mass is 32.2. The molecular weight excluding hydrogens is 430 g/mol. The molecule has 1 aliphatic heterocycles. The molecule has 1 saturated heterocycles. The van der Waals surface area contributed by atoms with Crippen LogP contribution in [-0.4, -0.2) is 45.6 Å². The molecule has 0 aromatic carbocycles. The minimum atomic E-state index is -3.11. The first kappa shape index (κ1) is 20.4. The molecule has 10 heteroatoms. The summed E-state index contributed by atoms with van der Waals surface area (Å²) in [5.41, 5.74) is 2.87. The number of nitrogens with zero attached hydrogens (tertiary/aromatic N) is 4. The largest absolute Gasteiger partial charge is 0.463 e. The number of fused-ring (bicyclic) bond motifs is 1. The number of hydrogen-bond donors (Lipinski definition) is 1. The summed E-state index contributed by atoms with van der Waals surface area (Å²) in [6.45, 7) is 2.12. The number of pyridine rings is 2. The van der Waals surface area contributed by atoms with Crippen LogP contribution in [0.3, 0.4) is 0 Å². The lowest BCUT2D eigenvalue weighted by molar-refractivity contribution is 0.0952. The van der Waals surface area contributed by atoms with Gasteiger partial charge in [-0.2, -0.15) is 5.10 Å². The lowest BCUT2D eigenvalue weighted by atomic mass is 10.1. The number of aryl methyl sites for hydroxylation is 1. The SMILES string of the molecule is Cc1nn([C@H]2CCS(=O)(=O)C2)c2nc(-c3ccco3)cc(C(=O)NCc3cccnc3)c12. The van der Waals surface area contributed by atoms with Gasteiger partial charge in [-0.25, -0.2) is 18.1 Å². The van der Waals surface area contributed by atoms with Crippen molar-refractivity contribution in [2.24, 2.45) is 0 Å². The van der Waals surface area contributed by atoms with Crippen LogP contribution in [0.15, 0.2) is 53.4 Å². The molecule has 5 rings (SSSR count). The molecule has 0 radical (unpaired) electrons. The van der Waals surface area contributed by atoms with E-state index in [1.807, 2.05) is 12.1 Å². The van der Waals surface area contributed by atoms with Gasteiger partial charge < -0.3 is 9.73 Å². The molecule has 0 aliphatic carbocycles. The Labute approximate surface area is 184 Å². The Balaban J connectivity index is 1.60. The minimum Gasteiger partial charge on any atom is -0.463 e. The van der Waals surface area contributed by atoms with Crippen molar-refractivity contribution in [2.45, 2.75) is 25.9 Å². The number of aromatic nitrogens is 4. The van der Waals surface area contributed by atoms with Gasteiger partial charge in [0.1, 0.15) is 5.69 Å². The summed E-state index contributed by atoms with van der Waals surface area (Å²) in [6, 6.07) is 8.57. The summed E-state index contributed by atoms with van der Waals surface area (Å²) in [5.74, 6) is 0.362. The number of nitrogens with one attached hydrogen (secondary N) is 1. The third kappa shape index (κ3) is 3.77. The van der Waals surface area contributed by atoms with Gasteiger partial charge in [0.2, 0.25) is 0 Å². The number of sulfone groups is 1. The number of rotatable bonds is 5. The zero-order chi connectivity index (χ0) is 22.3. The molecule has 0 spiro atoms. The van der Waals surface area contributed by atoms with Crippen molar-refractivity contribution in [3.63, 3.8) is 0 Å². The summed E-state index contributed by atoms with van der Waals surface area (Å²) in [7, 11) is -3.11. The van der Waals surface area contributed by atoms with E-state index in [1.165, 1.54) is 6.26 Å². The number of carbonyl (C=O) groups excluding carboxylic acids is 1. The van der Waals surface area contributed by atoms with Crippen LogP contribution < -0.4 is 5.32 Å². The molecule has 1 fully saturated rings. The lowest BCUT2D eigenvalue weighted by Gasteiger charge is -2.11. The predicted octanol–water partition coefficient (Wildman–Crippen LogP) is 2.68. The second-order valence-electron chi connectivity index (χ2n) is 7.86. The fourth-order valence-corrected chi connectivity index (χ4v) is 5.74. The third-order valence-corrected chi connectivity index (χ3v) is 7.34. The van der Waals surface area contributed by atoms with E-state index in [0.717, 1.165) is 5.56 Å². The summed E-state index contributed by atoms with van der Waals surface area (Å²) in [5, 5.41) is 8.12. The average Bonchev–Trinajstić information content (AvgIpc) is 3.51. The van der Waals surface area contributed by atoms with E-state index in [0.29, 0.717) is 46.7 Å². The van der Waals surface area contributed by atoms with Gasteiger partial charge >= 0.3 is 0 Å². The lowest BCUT2D eigenvalue weighted by Crippen LogP contribution is -2.23. The Morgan fingerprint density at radius 1 is 1.31 bits per heavy atom. The fraction of sp³-hybridized carbons (Fsp3) is 0.273. The van der Waals surface area contributed by atoms with Crippen LogP contribution in [-0.2, 0) is 16.4 Å². The second kappa shape index (κ2) is 7.86. The molecule has 4 aromatic rings. The maximum absolute atomic E-state index is 13.2. The molecule has 32 heavy (non-hydrogen) atoms. The van der Waals surface area contributed by atoms with Crippen LogP contribution in [0.2, 0.25) is 0 Å². The van der Waals surface area contributed by atoms with Crippen molar-refractivity contribution in [2.75, 3.05) is 11.5 Å². The van der Waals surface area contributed by atoms with Crippen LogP contribution in [0.4, 0.5) is 0 Å². The highest BCUT2D eigenvalue weighted by molar-refractivity contribution is 7.91. The van der Waals surface area contributed by atoms with Crippen LogP contribution in [0, 0.1) is 6.92 Å². The van der Waals surface area contributed by atoms with E-state index >= 15 is 0 Å². The molecule has 0 bridgehead atoms. The normalized spacial score (nSPS) is 17.6. The van der Waals surface area contributed by atoms with E-state index in [2.05, 4.69) is 15.4 Å². The molecule has 9 nitrogen and oxygen atoms in total. The summed E-state index contributed by atoms with van der Waals surface area (Å²) < 4.78 is 31.3. The average molecular weight is 452 g/mol. The van der Waals surface area contributed by atoms with Gasteiger partial charge in [0.05, 0.1) is 40.5 Å². The minimum absolute atomic E-state index is 0.0123. The molecule has 164 valence electrons. The highest BCUT2D eigenvalue weighted by Gasteiger charge is 2.32. The summed E-state index contributed by atoms with van der Waals surface area (Å²) in [6.07, 6.45) is 5.37. The second-order valence-corrected chi connectivity index (χ2v) is 10.1. The first-order valence-corrected chi connectivity index (χ1v) is 12.0. The molecular formula is C22H21N5O4S. The first-order chi connectivity index (χ1) is 15.4. The van der Waals surface area contributed by atoms with Crippen molar-refractivity contribution < 1.29 is 17.6 Å². The molecule has 0 saturated carbocycles. The van der Waals surface area contributed by atoms with Gasteiger partial charge in [-0.3, -0.25) is 9.78 Å². The number of carbonyl (C=O) groups is 1.